The summed E-state index contributed by atoms with van der Waals surface area (Å²) in [5.74, 6) is -0.838. The van der Waals surface area contributed by atoms with Crippen molar-refractivity contribution in [3.05, 3.63) is 59.7 Å². The summed E-state index contributed by atoms with van der Waals surface area (Å²) in [7, 11) is 0. The Morgan fingerprint density at radius 1 is 1.13 bits per heavy atom. The number of hydrogen-bond donors (Lipinski definition) is 2. The molecule has 0 saturated carbocycles. The molecule has 5 nitrogen and oxygen atoms in total. The van der Waals surface area contributed by atoms with E-state index in [0.29, 0.717) is 5.56 Å². The number of carbonyl (C=O) groups is 1. The molecule has 120 valence electrons. The fourth-order valence-corrected chi connectivity index (χ4v) is 1.89. The molecule has 2 N–H and O–H groups in total. The zero-order valence-corrected chi connectivity index (χ0v) is 12.2. The number of phenols is 1. The molecule has 0 aliphatic carbocycles. The molecule has 1 amide bonds. The molecular formula is C16H14F2N2O3. The Morgan fingerprint density at radius 3 is 2.39 bits per heavy atom. The second-order valence-corrected chi connectivity index (χ2v) is 4.53. The predicted octanol–water partition coefficient (Wildman–Crippen LogP) is 3.15. The number of nitrogens with zero attached hydrogens (tertiary/aromatic N) is 1. The van der Waals surface area contributed by atoms with E-state index in [1.165, 1.54) is 18.2 Å². The van der Waals surface area contributed by atoms with Crippen LogP contribution in [-0.4, -0.2) is 23.3 Å². The van der Waals surface area contributed by atoms with Crippen molar-refractivity contribution in [2.45, 2.75) is 13.5 Å². The number of benzene rings is 2. The van der Waals surface area contributed by atoms with Crippen LogP contribution < -0.4 is 10.2 Å². The van der Waals surface area contributed by atoms with E-state index in [0.717, 1.165) is 0 Å². The van der Waals surface area contributed by atoms with Gasteiger partial charge >= 0.3 is 6.61 Å². The highest BCUT2D eigenvalue weighted by Gasteiger charge is 2.13. The van der Waals surface area contributed by atoms with Crippen LogP contribution in [0.4, 0.5) is 8.78 Å². The van der Waals surface area contributed by atoms with Crippen LogP contribution in [0.3, 0.4) is 0 Å². The van der Waals surface area contributed by atoms with Gasteiger partial charge in [-0.3, -0.25) is 4.79 Å². The van der Waals surface area contributed by atoms with Crippen LogP contribution >= 0.6 is 0 Å². The van der Waals surface area contributed by atoms with Gasteiger partial charge in [0.05, 0.1) is 11.3 Å². The lowest BCUT2D eigenvalue weighted by atomic mass is 10.1. The van der Waals surface area contributed by atoms with Crippen molar-refractivity contribution in [3.8, 4) is 11.5 Å². The van der Waals surface area contributed by atoms with Crippen LogP contribution in [-0.2, 0) is 0 Å². The summed E-state index contributed by atoms with van der Waals surface area (Å²) in [5, 5.41) is 13.5. The van der Waals surface area contributed by atoms with Crippen molar-refractivity contribution < 1.29 is 23.4 Å². The molecule has 2 aromatic carbocycles. The van der Waals surface area contributed by atoms with Crippen molar-refractivity contribution >= 4 is 11.6 Å². The Balaban J connectivity index is 2.18. The first kappa shape index (κ1) is 16.4. The van der Waals surface area contributed by atoms with Gasteiger partial charge in [0, 0.05) is 5.56 Å². The molecule has 0 saturated heterocycles. The summed E-state index contributed by atoms with van der Waals surface area (Å²) in [5.41, 5.74) is 2.93. The highest BCUT2D eigenvalue weighted by atomic mass is 19.3. The molecule has 0 bridgehead atoms. The normalized spacial score (nSPS) is 11.4. The van der Waals surface area contributed by atoms with E-state index in [1.807, 2.05) is 0 Å². The molecule has 0 aromatic heterocycles. The molecular weight excluding hydrogens is 306 g/mol. The van der Waals surface area contributed by atoms with Crippen LogP contribution in [0.2, 0.25) is 0 Å². The molecule has 0 atom stereocenters. The monoisotopic (exact) mass is 320 g/mol. The number of phenolic OH excluding ortho intramolecular Hbond substituents is 1. The zero-order valence-electron chi connectivity index (χ0n) is 12.2. The van der Waals surface area contributed by atoms with Gasteiger partial charge in [-0.05, 0) is 31.2 Å². The maximum atomic E-state index is 12.4. The largest absolute Gasteiger partial charge is 0.507 e. The SMILES string of the molecule is C/C(=N/NC(=O)c1ccccc1O)c1ccccc1OC(F)F. The number of para-hydroxylation sites is 2. The summed E-state index contributed by atoms with van der Waals surface area (Å²) in [6.07, 6.45) is 0. The molecule has 0 unspecified atom stereocenters. The molecule has 0 aliphatic rings. The lowest BCUT2D eigenvalue weighted by molar-refractivity contribution is -0.0499. The average Bonchev–Trinajstić information content (AvgIpc) is 2.52. The van der Waals surface area contributed by atoms with Gasteiger partial charge in [0.1, 0.15) is 11.5 Å². The van der Waals surface area contributed by atoms with E-state index in [2.05, 4.69) is 15.3 Å². The molecule has 0 aliphatic heterocycles. The van der Waals surface area contributed by atoms with Crippen LogP contribution in [0.15, 0.2) is 53.6 Å². The van der Waals surface area contributed by atoms with Gasteiger partial charge in [-0.2, -0.15) is 13.9 Å². The number of carbonyl (C=O) groups excluding carboxylic acids is 1. The number of halogens is 2. The standard InChI is InChI=1S/C16H14F2N2O3/c1-10(11-6-3-5-9-14(11)23-16(17)18)19-20-15(22)12-7-2-4-8-13(12)21/h2-9,16,21H,1H3,(H,20,22)/b19-10-. The first-order valence-electron chi connectivity index (χ1n) is 6.66. The maximum absolute atomic E-state index is 12.4. The van der Waals surface area contributed by atoms with Gasteiger partial charge in [-0.15, -0.1) is 0 Å². The molecule has 7 heteroatoms. The third-order valence-electron chi connectivity index (χ3n) is 2.97. The highest BCUT2D eigenvalue weighted by molar-refractivity contribution is 6.03. The number of rotatable bonds is 5. The lowest BCUT2D eigenvalue weighted by Gasteiger charge is -2.10. The van der Waals surface area contributed by atoms with Gasteiger partial charge in [0.2, 0.25) is 0 Å². The van der Waals surface area contributed by atoms with Gasteiger partial charge < -0.3 is 9.84 Å². The van der Waals surface area contributed by atoms with Crippen LogP contribution in [0.25, 0.3) is 0 Å². The highest BCUT2D eigenvalue weighted by Crippen LogP contribution is 2.21. The van der Waals surface area contributed by atoms with E-state index in [4.69, 9.17) is 0 Å². The number of hydrazone groups is 1. The summed E-state index contributed by atoms with van der Waals surface area (Å²) in [4.78, 5) is 11.9. The third kappa shape index (κ3) is 4.26. The average molecular weight is 320 g/mol. The smallest absolute Gasteiger partial charge is 0.387 e. The molecule has 2 aromatic rings. The van der Waals surface area contributed by atoms with Gasteiger partial charge in [-0.25, -0.2) is 5.43 Å². The van der Waals surface area contributed by atoms with Crippen molar-refractivity contribution in [1.82, 2.24) is 5.43 Å². The number of nitrogens with one attached hydrogen (secondary N) is 1. The van der Waals surface area contributed by atoms with Gasteiger partial charge in [0.15, 0.2) is 0 Å². The van der Waals surface area contributed by atoms with Gasteiger partial charge in [0.25, 0.3) is 5.91 Å². The van der Waals surface area contributed by atoms with E-state index >= 15 is 0 Å². The molecule has 0 radical (unpaired) electrons. The van der Waals surface area contributed by atoms with E-state index in [-0.39, 0.29) is 22.8 Å². The molecule has 0 heterocycles. The van der Waals surface area contributed by atoms with Crippen molar-refractivity contribution in [2.24, 2.45) is 5.10 Å². The Bertz CT molecular complexity index is 733. The minimum atomic E-state index is -2.96. The van der Waals surface area contributed by atoms with Crippen LogP contribution in [0, 0.1) is 0 Å². The minimum Gasteiger partial charge on any atom is -0.507 e. The maximum Gasteiger partial charge on any atom is 0.387 e. The van der Waals surface area contributed by atoms with Crippen molar-refractivity contribution in [3.63, 3.8) is 0 Å². The van der Waals surface area contributed by atoms with E-state index in [1.54, 1.807) is 37.3 Å². The molecule has 0 spiro atoms. The summed E-state index contributed by atoms with van der Waals surface area (Å²) in [6.45, 7) is -1.42. The summed E-state index contributed by atoms with van der Waals surface area (Å²) in [6, 6.07) is 12.1. The fraction of sp³-hybridized carbons (Fsp3) is 0.125. The second-order valence-electron chi connectivity index (χ2n) is 4.53. The lowest BCUT2D eigenvalue weighted by Crippen LogP contribution is -2.19. The summed E-state index contributed by atoms with van der Waals surface area (Å²) < 4.78 is 29.2. The fourth-order valence-electron chi connectivity index (χ4n) is 1.89. The predicted molar refractivity (Wildman–Crippen MR) is 80.9 cm³/mol. The minimum absolute atomic E-state index is 0.0412. The quantitative estimate of drug-likeness (QED) is 0.657. The van der Waals surface area contributed by atoms with E-state index in [9.17, 15) is 18.7 Å². The number of amides is 1. The number of alkyl halides is 2. The molecule has 23 heavy (non-hydrogen) atoms. The number of aromatic hydroxyl groups is 1. The van der Waals surface area contributed by atoms with Gasteiger partial charge in [-0.1, -0.05) is 24.3 Å². The zero-order chi connectivity index (χ0) is 16.8. The Morgan fingerprint density at radius 2 is 1.74 bits per heavy atom. The number of ether oxygens (including phenoxy) is 1. The Labute approximate surface area is 131 Å². The third-order valence-corrected chi connectivity index (χ3v) is 2.97. The molecule has 0 fully saturated rings. The number of hydrogen-bond acceptors (Lipinski definition) is 4. The second kappa shape index (κ2) is 7.35. The first-order valence-corrected chi connectivity index (χ1v) is 6.66. The van der Waals surface area contributed by atoms with E-state index < -0.39 is 12.5 Å². The van der Waals surface area contributed by atoms with Crippen molar-refractivity contribution in [2.75, 3.05) is 0 Å². The van der Waals surface area contributed by atoms with Crippen LogP contribution in [0.1, 0.15) is 22.8 Å². The Kier molecular flexibility index (Phi) is 5.24. The van der Waals surface area contributed by atoms with Crippen molar-refractivity contribution in [1.29, 1.82) is 0 Å². The molecule has 2 rings (SSSR count). The topological polar surface area (TPSA) is 70.9 Å². The van der Waals surface area contributed by atoms with Crippen LogP contribution in [0.5, 0.6) is 11.5 Å². The first-order chi connectivity index (χ1) is 11.0. The Hall–Kier alpha value is -2.96. The summed E-state index contributed by atoms with van der Waals surface area (Å²) >= 11 is 0.